The second-order valence-corrected chi connectivity index (χ2v) is 5.13. The van der Waals surface area contributed by atoms with E-state index in [9.17, 15) is 0 Å². The molecule has 1 unspecified atom stereocenters. The largest absolute Gasteiger partial charge is 0.395 e. The molecule has 0 aliphatic rings. The van der Waals surface area contributed by atoms with E-state index in [1.807, 2.05) is 18.7 Å². The van der Waals surface area contributed by atoms with Crippen LogP contribution in [0.5, 0.6) is 0 Å². The van der Waals surface area contributed by atoms with Gasteiger partial charge in [0.25, 0.3) is 0 Å². The van der Waals surface area contributed by atoms with E-state index in [0.29, 0.717) is 6.04 Å². The zero-order valence-electron chi connectivity index (χ0n) is 9.29. The van der Waals surface area contributed by atoms with Gasteiger partial charge in [0.15, 0.2) is 0 Å². The van der Waals surface area contributed by atoms with Crippen LogP contribution in [0.3, 0.4) is 0 Å². The molecule has 0 amide bonds. The second kappa shape index (κ2) is 7.65. The minimum absolute atomic E-state index is 0.255. The van der Waals surface area contributed by atoms with Gasteiger partial charge in [-0.25, -0.2) is 0 Å². The van der Waals surface area contributed by atoms with Gasteiger partial charge in [0, 0.05) is 18.3 Å². The van der Waals surface area contributed by atoms with Crippen LogP contribution in [0.4, 0.5) is 0 Å². The average Bonchev–Trinajstić information content (AvgIpc) is 2.10. The molecule has 0 aromatic carbocycles. The summed E-state index contributed by atoms with van der Waals surface area (Å²) in [7, 11) is 2.07. The molecule has 1 atom stereocenters. The van der Waals surface area contributed by atoms with E-state index >= 15 is 0 Å². The molecule has 0 heterocycles. The van der Waals surface area contributed by atoms with Gasteiger partial charge in [0.05, 0.1) is 6.61 Å². The predicted octanol–water partition coefficient (Wildman–Crippen LogP) is 1.69. The third kappa shape index (κ3) is 7.35. The lowest BCUT2D eigenvalue weighted by Gasteiger charge is -2.22. The van der Waals surface area contributed by atoms with Crippen molar-refractivity contribution >= 4 is 11.8 Å². The Morgan fingerprint density at radius 3 is 2.38 bits per heavy atom. The Morgan fingerprint density at radius 2 is 1.92 bits per heavy atom. The lowest BCUT2D eigenvalue weighted by atomic mass is 10.3. The molecule has 1 N–H and O–H groups in total. The van der Waals surface area contributed by atoms with Gasteiger partial charge in [0.2, 0.25) is 0 Å². The summed E-state index contributed by atoms with van der Waals surface area (Å²) in [6, 6.07) is 0.291. The lowest BCUT2D eigenvalue weighted by molar-refractivity contribution is 0.165. The van der Waals surface area contributed by atoms with Crippen LogP contribution in [-0.4, -0.2) is 47.8 Å². The highest BCUT2D eigenvalue weighted by Gasteiger charge is 2.06. The van der Waals surface area contributed by atoms with Crippen LogP contribution in [-0.2, 0) is 0 Å². The number of rotatable bonds is 7. The number of hydrogen-bond donors (Lipinski definition) is 1. The van der Waals surface area contributed by atoms with Gasteiger partial charge in [-0.05, 0) is 25.6 Å². The summed E-state index contributed by atoms with van der Waals surface area (Å²) in [6.07, 6.45) is 0. The van der Waals surface area contributed by atoms with Crippen molar-refractivity contribution in [2.24, 2.45) is 5.92 Å². The number of likely N-dealkylation sites (N-methyl/N-ethyl adjacent to an activating group) is 1. The maximum atomic E-state index is 8.90. The van der Waals surface area contributed by atoms with Gasteiger partial charge in [-0.15, -0.1) is 0 Å². The quantitative estimate of drug-likeness (QED) is 0.640. The summed E-state index contributed by atoms with van der Waals surface area (Å²) in [5, 5.41) is 8.90. The summed E-state index contributed by atoms with van der Waals surface area (Å²) < 4.78 is 0. The molecule has 0 saturated heterocycles. The lowest BCUT2D eigenvalue weighted by Crippen LogP contribution is -2.33. The molecular weight excluding hydrogens is 182 g/mol. The Kier molecular flexibility index (Phi) is 7.81. The third-order valence-corrected chi connectivity index (χ3v) is 3.43. The first-order chi connectivity index (χ1) is 6.07. The Bertz CT molecular complexity index is 119. The normalized spacial score (nSPS) is 14.1. The molecule has 0 saturated carbocycles. The molecule has 13 heavy (non-hydrogen) atoms. The van der Waals surface area contributed by atoms with Crippen molar-refractivity contribution in [3.8, 4) is 0 Å². The summed E-state index contributed by atoms with van der Waals surface area (Å²) in [4.78, 5) is 2.20. The highest BCUT2D eigenvalue weighted by atomic mass is 32.2. The zero-order chi connectivity index (χ0) is 10.3. The molecule has 0 fully saturated rings. The van der Waals surface area contributed by atoms with E-state index < -0.39 is 0 Å². The molecule has 3 heteroatoms. The first-order valence-electron chi connectivity index (χ1n) is 4.96. The molecule has 0 aliphatic heterocycles. The fourth-order valence-electron chi connectivity index (χ4n) is 0.887. The molecule has 0 rings (SSSR count). The SMILES string of the molecule is CC(C)CSCCN(C)C(C)CO. The summed E-state index contributed by atoms with van der Waals surface area (Å²) >= 11 is 1.99. The third-order valence-electron chi connectivity index (χ3n) is 2.06. The number of aliphatic hydroxyl groups is 1. The summed E-state index contributed by atoms with van der Waals surface area (Å²) in [5.74, 6) is 3.19. The van der Waals surface area contributed by atoms with Crippen molar-refractivity contribution < 1.29 is 5.11 Å². The monoisotopic (exact) mass is 205 g/mol. The van der Waals surface area contributed by atoms with Crippen molar-refractivity contribution in [2.45, 2.75) is 26.8 Å². The molecule has 0 aromatic heterocycles. The first kappa shape index (κ1) is 13.3. The highest BCUT2D eigenvalue weighted by Crippen LogP contribution is 2.07. The number of nitrogens with zero attached hydrogens (tertiary/aromatic N) is 1. The van der Waals surface area contributed by atoms with E-state index in [1.54, 1.807) is 0 Å². The van der Waals surface area contributed by atoms with Crippen molar-refractivity contribution in [3.63, 3.8) is 0 Å². The minimum atomic E-state index is 0.255. The van der Waals surface area contributed by atoms with E-state index in [-0.39, 0.29) is 6.61 Å². The standard InChI is InChI=1S/C10H23NOS/c1-9(2)8-13-6-5-11(4)10(3)7-12/h9-10,12H,5-8H2,1-4H3. The second-order valence-electron chi connectivity index (χ2n) is 3.98. The Labute approximate surface area is 86.7 Å². The smallest absolute Gasteiger partial charge is 0.0584 e. The first-order valence-corrected chi connectivity index (χ1v) is 6.12. The van der Waals surface area contributed by atoms with E-state index in [2.05, 4.69) is 25.8 Å². The van der Waals surface area contributed by atoms with Gasteiger partial charge in [-0.3, -0.25) is 0 Å². The maximum absolute atomic E-state index is 8.90. The number of aliphatic hydroxyl groups excluding tert-OH is 1. The molecule has 0 spiro atoms. The fourth-order valence-corrected chi connectivity index (χ4v) is 1.94. The zero-order valence-corrected chi connectivity index (χ0v) is 10.1. The molecule has 0 aromatic rings. The van der Waals surface area contributed by atoms with Crippen LogP contribution in [0.2, 0.25) is 0 Å². The van der Waals surface area contributed by atoms with Crippen LogP contribution in [0.1, 0.15) is 20.8 Å². The van der Waals surface area contributed by atoms with Gasteiger partial charge in [-0.2, -0.15) is 11.8 Å². The Morgan fingerprint density at radius 1 is 1.31 bits per heavy atom. The molecule has 0 bridgehead atoms. The number of thioether (sulfide) groups is 1. The molecule has 0 radical (unpaired) electrons. The summed E-state index contributed by atoms with van der Waals surface area (Å²) in [6.45, 7) is 7.86. The van der Waals surface area contributed by atoms with Crippen LogP contribution in [0, 0.1) is 5.92 Å². The van der Waals surface area contributed by atoms with E-state index in [1.165, 1.54) is 11.5 Å². The maximum Gasteiger partial charge on any atom is 0.0584 e. The number of hydrogen-bond acceptors (Lipinski definition) is 3. The Balaban J connectivity index is 3.31. The van der Waals surface area contributed by atoms with Gasteiger partial charge in [0.1, 0.15) is 0 Å². The van der Waals surface area contributed by atoms with Crippen LogP contribution < -0.4 is 0 Å². The topological polar surface area (TPSA) is 23.5 Å². The van der Waals surface area contributed by atoms with Crippen molar-refractivity contribution in [3.05, 3.63) is 0 Å². The van der Waals surface area contributed by atoms with Gasteiger partial charge in [-0.1, -0.05) is 13.8 Å². The molecule has 2 nitrogen and oxygen atoms in total. The molecule has 80 valence electrons. The predicted molar refractivity (Wildman–Crippen MR) is 61.3 cm³/mol. The average molecular weight is 205 g/mol. The van der Waals surface area contributed by atoms with Crippen molar-refractivity contribution in [2.75, 3.05) is 31.7 Å². The van der Waals surface area contributed by atoms with Gasteiger partial charge >= 0.3 is 0 Å². The van der Waals surface area contributed by atoms with Crippen LogP contribution in [0.15, 0.2) is 0 Å². The van der Waals surface area contributed by atoms with Crippen LogP contribution in [0.25, 0.3) is 0 Å². The molecule has 0 aliphatic carbocycles. The molecular formula is C10H23NOS. The van der Waals surface area contributed by atoms with E-state index in [0.717, 1.165) is 12.5 Å². The van der Waals surface area contributed by atoms with Crippen LogP contribution >= 0.6 is 11.8 Å². The van der Waals surface area contributed by atoms with Crippen molar-refractivity contribution in [1.82, 2.24) is 4.90 Å². The van der Waals surface area contributed by atoms with Gasteiger partial charge < -0.3 is 10.0 Å². The fraction of sp³-hybridized carbons (Fsp3) is 1.00. The van der Waals surface area contributed by atoms with Crippen molar-refractivity contribution in [1.29, 1.82) is 0 Å². The minimum Gasteiger partial charge on any atom is -0.395 e. The van der Waals surface area contributed by atoms with E-state index in [4.69, 9.17) is 5.11 Å². The Hall–Kier alpha value is 0.270. The summed E-state index contributed by atoms with van der Waals surface area (Å²) in [5.41, 5.74) is 0. The highest BCUT2D eigenvalue weighted by molar-refractivity contribution is 7.99.